The molecule has 1 aliphatic heterocycles. The van der Waals surface area contributed by atoms with Crippen molar-refractivity contribution in [1.29, 1.82) is 0 Å². The van der Waals surface area contributed by atoms with Crippen molar-refractivity contribution in [2.24, 2.45) is 16.8 Å². The van der Waals surface area contributed by atoms with E-state index in [1.807, 2.05) is 18.3 Å². The van der Waals surface area contributed by atoms with Gasteiger partial charge in [0.25, 0.3) is 5.19 Å². The normalized spacial score (nSPS) is 16.3. The number of amidine groups is 1. The van der Waals surface area contributed by atoms with Gasteiger partial charge in [-0.25, -0.2) is 19.5 Å². The Morgan fingerprint density at radius 1 is 1.29 bits per heavy atom. The fourth-order valence-electron chi connectivity index (χ4n) is 4.10. The second kappa shape index (κ2) is 10.5. The average Bonchev–Trinajstić information content (AvgIpc) is 3.41. The molecule has 1 fully saturated rings. The first-order valence-corrected chi connectivity index (χ1v) is 12.7. The van der Waals surface area contributed by atoms with Gasteiger partial charge in [-0.1, -0.05) is 27.4 Å². The van der Waals surface area contributed by atoms with Crippen molar-refractivity contribution >= 4 is 22.1 Å². The summed E-state index contributed by atoms with van der Waals surface area (Å²) in [5.74, 6) is 2.57. The number of pyridine rings is 1. The van der Waals surface area contributed by atoms with E-state index < -0.39 is 0 Å². The number of allylic oxidation sites excluding steroid dienone is 1. The van der Waals surface area contributed by atoms with Crippen molar-refractivity contribution in [2.45, 2.75) is 53.1 Å². The molecule has 1 atom stereocenters. The highest BCUT2D eigenvalue weighted by atomic mass is 32.1. The summed E-state index contributed by atoms with van der Waals surface area (Å²) in [6.45, 7) is 14.7. The average molecular weight is 483 g/mol. The molecule has 0 bridgehead atoms. The van der Waals surface area contributed by atoms with Crippen LogP contribution in [0.3, 0.4) is 0 Å². The number of ether oxygens (including phenoxy) is 2. The number of imidazole rings is 1. The van der Waals surface area contributed by atoms with Gasteiger partial charge in [0, 0.05) is 43.0 Å². The number of fused-ring (bicyclic) bond motifs is 1. The number of likely N-dealkylation sites (tertiary alicyclic amines) is 1. The lowest BCUT2D eigenvalue weighted by Crippen LogP contribution is -2.41. The Kier molecular flexibility index (Phi) is 7.50. The molecule has 8 nitrogen and oxygen atoms in total. The van der Waals surface area contributed by atoms with Crippen LogP contribution in [-0.2, 0) is 0 Å². The van der Waals surface area contributed by atoms with Crippen LogP contribution in [0.4, 0.5) is 0 Å². The Hall–Kier alpha value is -2.94. The van der Waals surface area contributed by atoms with Crippen molar-refractivity contribution in [1.82, 2.24) is 24.5 Å². The predicted molar refractivity (Wildman–Crippen MR) is 137 cm³/mol. The lowest BCUT2D eigenvalue weighted by molar-refractivity contribution is 0.107. The van der Waals surface area contributed by atoms with Crippen molar-refractivity contribution in [3.8, 4) is 22.3 Å². The number of aromatic nitrogens is 4. The van der Waals surface area contributed by atoms with E-state index in [1.54, 1.807) is 17.8 Å². The summed E-state index contributed by atoms with van der Waals surface area (Å²) >= 11 is 1.47. The van der Waals surface area contributed by atoms with Crippen LogP contribution in [0.15, 0.2) is 41.8 Å². The van der Waals surface area contributed by atoms with Crippen LogP contribution in [0.25, 0.3) is 16.2 Å². The molecule has 3 aromatic rings. The van der Waals surface area contributed by atoms with Crippen LogP contribution in [0.5, 0.6) is 11.1 Å². The Morgan fingerprint density at radius 3 is 2.71 bits per heavy atom. The van der Waals surface area contributed by atoms with Gasteiger partial charge in [-0.2, -0.15) is 0 Å². The smallest absolute Gasteiger partial charge is 0.294 e. The molecule has 0 spiro atoms. The summed E-state index contributed by atoms with van der Waals surface area (Å²) in [5, 5.41) is 5.26. The minimum atomic E-state index is 0.0922. The van der Waals surface area contributed by atoms with Gasteiger partial charge < -0.3 is 14.4 Å². The van der Waals surface area contributed by atoms with E-state index in [0.717, 1.165) is 60.1 Å². The minimum absolute atomic E-state index is 0.0922. The highest BCUT2D eigenvalue weighted by Gasteiger charge is 2.27. The van der Waals surface area contributed by atoms with Crippen LogP contribution in [0, 0.1) is 11.8 Å². The maximum absolute atomic E-state index is 6.25. The zero-order chi connectivity index (χ0) is 24.2. The van der Waals surface area contributed by atoms with Gasteiger partial charge >= 0.3 is 0 Å². The SMILES string of the molecule is C=C(N=C(CC)N1CCC([C@H](C)Oc2nn3cc(-c4ccnc(OC)c4)nc3s2)CC1)C(C)C. The topological polar surface area (TPSA) is 77.1 Å². The molecule has 3 aromatic heterocycles. The molecule has 0 aromatic carbocycles. The van der Waals surface area contributed by atoms with Gasteiger partial charge in [0.2, 0.25) is 10.8 Å². The Labute approximate surface area is 205 Å². The van der Waals surface area contributed by atoms with E-state index in [2.05, 4.69) is 49.3 Å². The van der Waals surface area contributed by atoms with E-state index in [1.165, 1.54) is 11.3 Å². The van der Waals surface area contributed by atoms with E-state index in [0.29, 0.717) is 22.9 Å². The van der Waals surface area contributed by atoms with E-state index in [4.69, 9.17) is 19.5 Å². The maximum atomic E-state index is 6.25. The molecular formula is C25H34N6O2S. The number of piperidine rings is 1. The van der Waals surface area contributed by atoms with Crippen LogP contribution < -0.4 is 9.47 Å². The van der Waals surface area contributed by atoms with Crippen LogP contribution in [0.1, 0.15) is 47.0 Å². The molecule has 182 valence electrons. The minimum Gasteiger partial charge on any atom is -0.481 e. The van der Waals surface area contributed by atoms with Gasteiger partial charge in [-0.15, -0.1) is 5.10 Å². The second-order valence-corrected chi connectivity index (χ2v) is 9.90. The molecule has 0 saturated carbocycles. The van der Waals surface area contributed by atoms with Crippen molar-refractivity contribution < 1.29 is 9.47 Å². The van der Waals surface area contributed by atoms with Gasteiger partial charge in [0.05, 0.1) is 19.0 Å². The largest absolute Gasteiger partial charge is 0.481 e. The summed E-state index contributed by atoms with van der Waals surface area (Å²) in [7, 11) is 1.61. The van der Waals surface area contributed by atoms with Gasteiger partial charge in [-0.05, 0) is 49.0 Å². The highest BCUT2D eigenvalue weighted by Crippen LogP contribution is 2.30. The molecule has 1 saturated heterocycles. The molecular weight excluding hydrogens is 448 g/mol. The third-order valence-electron chi connectivity index (χ3n) is 6.37. The van der Waals surface area contributed by atoms with Gasteiger partial charge in [-0.3, -0.25) is 0 Å². The van der Waals surface area contributed by atoms with Gasteiger partial charge in [0.1, 0.15) is 11.9 Å². The second-order valence-electron chi connectivity index (χ2n) is 8.98. The summed E-state index contributed by atoms with van der Waals surface area (Å²) in [6.07, 6.45) is 6.79. The van der Waals surface area contributed by atoms with Gasteiger partial charge in [0.15, 0.2) is 0 Å². The quantitative estimate of drug-likeness (QED) is 0.319. The molecule has 9 heteroatoms. The number of nitrogens with zero attached hydrogens (tertiary/aromatic N) is 6. The van der Waals surface area contributed by atoms with E-state index >= 15 is 0 Å². The summed E-state index contributed by atoms with van der Waals surface area (Å²) in [6, 6.07) is 3.78. The van der Waals surface area contributed by atoms with Crippen LogP contribution >= 0.6 is 11.3 Å². The lowest BCUT2D eigenvalue weighted by Gasteiger charge is -2.36. The first kappa shape index (κ1) is 24.2. The third-order valence-corrected chi connectivity index (χ3v) is 7.19. The monoisotopic (exact) mass is 482 g/mol. The number of rotatable bonds is 8. The lowest BCUT2D eigenvalue weighted by atomic mass is 9.92. The molecule has 4 rings (SSSR count). The molecule has 0 amide bonds. The van der Waals surface area contributed by atoms with Crippen LogP contribution in [0.2, 0.25) is 0 Å². The zero-order valence-corrected chi connectivity index (χ0v) is 21.5. The number of hydrogen-bond donors (Lipinski definition) is 0. The fraction of sp³-hybridized carbons (Fsp3) is 0.520. The summed E-state index contributed by atoms with van der Waals surface area (Å²) in [4.78, 5) is 16.9. The van der Waals surface area contributed by atoms with Crippen molar-refractivity contribution in [2.75, 3.05) is 20.2 Å². The Bertz CT molecular complexity index is 1130. The standard InChI is InChI=1S/C25H34N6O2S/c1-7-22(27-17(4)16(2)3)30-12-9-19(10-13-30)18(5)33-25-29-31-15-21(28-24(31)34-25)20-8-11-26-23(14-20)32-6/h8,11,14-16,18-19H,4,7,9-10,12-13H2,1-3,5-6H3/t18-/m0/s1. The van der Waals surface area contributed by atoms with E-state index in [9.17, 15) is 0 Å². The number of methoxy groups -OCH3 is 1. The highest BCUT2D eigenvalue weighted by molar-refractivity contribution is 7.18. The predicted octanol–water partition coefficient (Wildman–Crippen LogP) is 5.32. The van der Waals surface area contributed by atoms with E-state index in [-0.39, 0.29) is 6.10 Å². The number of aliphatic imine (C=N–C) groups is 1. The summed E-state index contributed by atoms with van der Waals surface area (Å²) in [5.41, 5.74) is 2.73. The zero-order valence-electron chi connectivity index (χ0n) is 20.7. The molecule has 0 unspecified atom stereocenters. The molecule has 4 heterocycles. The maximum Gasteiger partial charge on any atom is 0.294 e. The Morgan fingerprint density at radius 2 is 2.06 bits per heavy atom. The first-order valence-electron chi connectivity index (χ1n) is 11.9. The molecule has 0 radical (unpaired) electrons. The third kappa shape index (κ3) is 5.41. The van der Waals surface area contributed by atoms with Crippen LogP contribution in [-0.4, -0.2) is 56.6 Å². The van der Waals surface area contributed by atoms with Crippen molar-refractivity contribution in [3.05, 3.63) is 36.8 Å². The van der Waals surface area contributed by atoms with Crippen molar-refractivity contribution in [3.63, 3.8) is 0 Å². The molecule has 34 heavy (non-hydrogen) atoms. The molecule has 0 N–H and O–H groups in total. The molecule has 0 aliphatic carbocycles. The number of hydrogen-bond acceptors (Lipinski definition) is 7. The fourth-order valence-corrected chi connectivity index (χ4v) is 4.92. The summed E-state index contributed by atoms with van der Waals surface area (Å²) < 4.78 is 13.2. The first-order chi connectivity index (χ1) is 16.4. The Balaban J connectivity index is 1.36. The molecule has 1 aliphatic rings.